The molecule has 0 saturated carbocycles. The minimum absolute atomic E-state index is 0.136. The number of anilines is 2. The zero-order valence-electron chi connectivity index (χ0n) is 14.9. The van der Waals surface area contributed by atoms with Gasteiger partial charge in [-0.05, 0) is 36.4 Å². The molecule has 0 atom stereocenters. The molecule has 3 rings (SSSR count). The van der Waals surface area contributed by atoms with Gasteiger partial charge < -0.3 is 16.8 Å². The SMILES string of the molecule is NC(=O)Nc1sc(C#Cc2cccc(NC(=O)c3ccncc3)c2)cc1C(N)=O. The summed E-state index contributed by atoms with van der Waals surface area (Å²) in [5.74, 6) is 4.90. The Balaban J connectivity index is 1.79. The van der Waals surface area contributed by atoms with Gasteiger partial charge in [0, 0.05) is 29.2 Å². The van der Waals surface area contributed by atoms with Gasteiger partial charge in [-0.2, -0.15) is 0 Å². The molecule has 29 heavy (non-hydrogen) atoms. The fourth-order valence-electron chi connectivity index (χ4n) is 2.36. The van der Waals surface area contributed by atoms with E-state index in [4.69, 9.17) is 11.5 Å². The third kappa shape index (κ3) is 5.18. The summed E-state index contributed by atoms with van der Waals surface area (Å²) in [6.07, 6.45) is 3.08. The van der Waals surface area contributed by atoms with E-state index < -0.39 is 11.9 Å². The Bertz CT molecular complexity index is 1150. The Morgan fingerprint density at radius 3 is 2.41 bits per heavy atom. The molecule has 9 heteroatoms. The minimum Gasteiger partial charge on any atom is -0.366 e. The highest BCUT2D eigenvalue weighted by Gasteiger charge is 2.14. The van der Waals surface area contributed by atoms with Crippen LogP contribution in [0.5, 0.6) is 0 Å². The highest BCUT2D eigenvalue weighted by Crippen LogP contribution is 2.27. The van der Waals surface area contributed by atoms with Crippen LogP contribution in [-0.4, -0.2) is 22.8 Å². The van der Waals surface area contributed by atoms with Crippen LogP contribution in [0.2, 0.25) is 0 Å². The first-order chi connectivity index (χ1) is 13.9. The maximum atomic E-state index is 12.2. The van der Waals surface area contributed by atoms with Crippen molar-refractivity contribution in [1.29, 1.82) is 0 Å². The summed E-state index contributed by atoms with van der Waals surface area (Å²) >= 11 is 1.09. The molecule has 0 aliphatic carbocycles. The topological polar surface area (TPSA) is 140 Å². The van der Waals surface area contributed by atoms with Crippen LogP contribution in [0.1, 0.15) is 31.2 Å². The van der Waals surface area contributed by atoms with Crippen LogP contribution < -0.4 is 22.1 Å². The lowest BCUT2D eigenvalue weighted by Crippen LogP contribution is -2.21. The number of pyridine rings is 1. The summed E-state index contributed by atoms with van der Waals surface area (Å²) in [5.41, 5.74) is 12.3. The second kappa shape index (κ2) is 8.69. The number of carbonyl (C=O) groups excluding carboxylic acids is 3. The maximum absolute atomic E-state index is 12.2. The van der Waals surface area contributed by atoms with Gasteiger partial charge in [-0.3, -0.25) is 19.9 Å². The lowest BCUT2D eigenvalue weighted by molar-refractivity contribution is 0.0998. The van der Waals surface area contributed by atoms with Gasteiger partial charge in [0.05, 0.1) is 10.4 Å². The Kier molecular flexibility index (Phi) is 5.87. The number of nitrogens with one attached hydrogen (secondary N) is 2. The van der Waals surface area contributed by atoms with Crippen molar-refractivity contribution in [3.05, 3.63) is 76.4 Å². The van der Waals surface area contributed by atoms with E-state index in [1.807, 2.05) is 0 Å². The number of thiophene rings is 1. The van der Waals surface area contributed by atoms with Gasteiger partial charge in [0.15, 0.2) is 0 Å². The van der Waals surface area contributed by atoms with Crippen LogP contribution in [0, 0.1) is 11.8 Å². The fourth-order valence-corrected chi connectivity index (χ4v) is 3.28. The first-order valence-corrected chi connectivity index (χ1v) is 9.07. The number of carbonyl (C=O) groups is 3. The second-order valence-electron chi connectivity index (χ2n) is 5.73. The Morgan fingerprint density at radius 1 is 0.966 bits per heavy atom. The van der Waals surface area contributed by atoms with Crippen molar-refractivity contribution in [3.63, 3.8) is 0 Å². The van der Waals surface area contributed by atoms with Gasteiger partial charge in [0.25, 0.3) is 11.8 Å². The molecule has 1 aromatic carbocycles. The quantitative estimate of drug-likeness (QED) is 0.495. The molecule has 8 nitrogen and oxygen atoms in total. The number of benzene rings is 1. The summed E-state index contributed by atoms with van der Waals surface area (Å²) in [4.78, 5) is 39.2. The molecule has 144 valence electrons. The lowest BCUT2D eigenvalue weighted by Gasteiger charge is -2.05. The molecule has 0 unspecified atom stereocenters. The molecule has 0 bridgehead atoms. The summed E-state index contributed by atoms with van der Waals surface area (Å²) < 4.78 is 0. The van der Waals surface area contributed by atoms with Gasteiger partial charge in [-0.15, -0.1) is 11.3 Å². The number of hydrogen-bond donors (Lipinski definition) is 4. The lowest BCUT2D eigenvalue weighted by atomic mass is 10.2. The van der Waals surface area contributed by atoms with Crippen molar-refractivity contribution < 1.29 is 14.4 Å². The highest BCUT2D eigenvalue weighted by atomic mass is 32.1. The molecule has 6 N–H and O–H groups in total. The van der Waals surface area contributed by atoms with Gasteiger partial charge in [-0.1, -0.05) is 17.9 Å². The van der Waals surface area contributed by atoms with Gasteiger partial charge in [0.2, 0.25) is 0 Å². The minimum atomic E-state index is -0.800. The van der Waals surface area contributed by atoms with Crippen LogP contribution >= 0.6 is 11.3 Å². The Hall–Kier alpha value is -4.16. The third-order valence-electron chi connectivity index (χ3n) is 3.63. The Morgan fingerprint density at radius 2 is 1.72 bits per heavy atom. The van der Waals surface area contributed by atoms with E-state index in [0.29, 0.717) is 21.7 Å². The molecule has 0 saturated heterocycles. The van der Waals surface area contributed by atoms with Crippen molar-refractivity contribution >= 4 is 39.9 Å². The second-order valence-corrected chi connectivity index (χ2v) is 6.78. The summed E-state index contributed by atoms with van der Waals surface area (Å²) in [6, 6.07) is 10.9. The van der Waals surface area contributed by atoms with E-state index in [0.717, 1.165) is 11.3 Å². The van der Waals surface area contributed by atoms with Crippen LogP contribution in [0.25, 0.3) is 0 Å². The maximum Gasteiger partial charge on any atom is 0.317 e. The first-order valence-electron chi connectivity index (χ1n) is 8.26. The number of aromatic nitrogens is 1. The number of primary amides is 2. The first kappa shape index (κ1) is 19.6. The zero-order chi connectivity index (χ0) is 20.8. The summed E-state index contributed by atoms with van der Waals surface area (Å²) in [5, 5.41) is 5.39. The summed E-state index contributed by atoms with van der Waals surface area (Å²) in [6.45, 7) is 0. The molecule has 0 aliphatic rings. The third-order valence-corrected chi connectivity index (χ3v) is 4.59. The van der Waals surface area contributed by atoms with Gasteiger partial charge >= 0.3 is 6.03 Å². The van der Waals surface area contributed by atoms with E-state index in [1.165, 1.54) is 6.07 Å². The van der Waals surface area contributed by atoms with Crippen LogP contribution in [0.4, 0.5) is 15.5 Å². The molecular formula is C20H15N5O3S. The molecule has 0 aliphatic heterocycles. The number of nitrogens with two attached hydrogens (primary N) is 2. The zero-order valence-corrected chi connectivity index (χ0v) is 15.7. The van der Waals surface area contributed by atoms with Crippen molar-refractivity contribution in [2.45, 2.75) is 0 Å². The fraction of sp³-hybridized carbons (Fsp3) is 0. The van der Waals surface area contributed by atoms with E-state index in [9.17, 15) is 14.4 Å². The molecule has 3 aromatic rings. The molecule has 2 aromatic heterocycles. The molecule has 2 heterocycles. The standard InChI is InChI=1S/C20H15N5O3S/c21-17(26)16-11-15(29-19(16)25-20(22)28)5-4-12-2-1-3-14(10-12)24-18(27)13-6-8-23-9-7-13/h1-3,6-11H,(H2,21,26)(H,24,27)(H3,22,25,28). The predicted molar refractivity (Wildman–Crippen MR) is 111 cm³/mol. The molecule has 0 spiro atoms. The number of hydrogen-bond acceptors (Lipinski definition) is 5. The van der Waals surface area contributed by atoms with Crippen molar-refractivity contribution in [3.8, 4) is 11.8 Å². The number of nitrogens with zero attached hydrogens (tertiary/aromatic N) is 1. The number of rotatable bonds is 4. The van der Waals surface area contributed by atoms with Gasteiger partial charge in [-0.25, -0.2) is 4.79 Å². The van der Waals surface area contributed by atoms with E-state index in [2.05, 4.69) is 27.5 Å². The normalized spacial score (nSPS) is 9.79. The highest BCUT2D eigenvalue weighted by molar-refractivity contribution is 7.17. The monoisotopic (exact) mass is 405 g/mol. The predicted octanol–water partition coefficient (Wildman–Crippen LogP) is 2.38. The van der Waals surface area contributed by atoms with Gasteiger partial charge in [0.1, 0.15) is 5.00 Å². The Labute approximate surface area is 169 Å². The van der Waals surface area contributed by atoms with E-state index in [-0.39, 0.29) is 16.5 Å². The molecule has 4 amide bonds. The number of amides is 4. The molecular weight excluding hydrogens is 390 g/mol. The van der Waals surface area contributed by atoms with Crippen molar-refractivity contribution in [1.82, 2.24) is 4.98 Å². The molecule has 0 radical (unpaired) electrons. The van der Waals surface area contributed by atoms with Crippen LogP contribution in [-0.2, 0) is 0 Å². The van der Waals surface area contributed by atoms with Crippen LogP contribution in [0.15, 0.2) is 54.9 Å². The largest absolute Gasteiger partial charge is 0.366 e. The average molecular weight is 405 g/mol. The smallest absolute Gasteiger partial charge is 0.317 e. The van der Waals surface area contributed by atoms with E-state index >= 15 is 0 Å². The van der Waals surface area contributed by atoms with Crippen LogP contribution in [0.3, 0.4) is 0 Å². The van der Waals surface area contributed by atoms with E-state index in [1.54, 1.807) is 48.8 Å². The molecule has 0 fully saturated rings. The number of urea groups is 1. The average Bonchev–Trinajstić information content (AvgIpc) is 3.09. The van der Waals surface area contributed by atoms with Crippen molar-refractivity contribution in [2.24, 2.45) is 11.5 Å². The van der Waals surface area contributed by atoms with Crippen molar-refractivity contribution in [2.75, 3.05) is 10.6 Å². The summed E-state index contributed by atoms with van der Waals surface area (Å²) in [7, 11) is 0.